The number of nitrogens with one attached hydrogen (secondary N) is 1. The van der Waals surface area contributed by atoms with Crippen LogP contribution >= 0.6 is 0 Å². The van der Waals surface area contributed by atoms with Crippen LogP contribution in [0.25, 0.3) is 0 Å². The first-order chi connectivity index (χ1) is 7.45. The van der Waals surface area contributed by atoms with Crippen LogP contribution in [0.3, 0.4) is 0 Å². The van der Waals surface area contributed by atoms with Crippen LogP contribution in [0.2, 0.25) is 0 Å². The summed E-state index contributed by atoms with van der Waals surface area (Å²) in [6, 6.07) is 9.84. The highest BCUT2D eigenvalue weighted by atomic mass is 16.3. The van der Waals surface area contributed by atoms with E-state index in [1.165, 1.54) is 0 Å². The van der Waals surface area contributed by atoms with E-state index in [1.807, 2.05) is 36.5 Å². The molecule has 0 aliphatic rings. The Bertz CT molecular complexity index is 370. The summed E-state index contributed by atoms with van der Waals surface area (Å²) >= 11 is 0. The van der Waals surface area contributed by atoms with Gasteiger partial charge in [-0.15, -0.1) is 0 Å². The molecule has 15 heavy (non-hydrogen) atoms. The molecule has 0 saturated carbocycles. The van der Waals surface area contributed by atoms with E-state index in [0.717, 1.165) is 31.0 Å². The average molecular weight is 202 g/mol. The molecule has 0 spiro atoms. The van der Waals surface area contributed by atoms with Crippen LogP contribution in [0.4, 0.5) is 0 Å². The van der Waals surface area contributed by atoms with Crippen molar-refractivity contribution in [2.45, 2.75) is 13.0 Å². The molecule has 0 amide bonds. The molecule has 2 heterocycles. The monoisotopic (exact) mass is 202 g/mol. The van der Waals surface area contributed by atoms with Gasteiger partial charge >= 0.3 is 0 Å². The molecule has 0 aliphatic carbocycles. The van der Waals surface area contributed by atoms with Gasteiger partial charge in [-0.25, -0.2) is 0 Å². The van der Waals surface area contributed by atoms with Crippen molar-refractivity contribution in [1.82, 2.24) is 10.3 Å². The van der Waals surface area contributed by atoms with Gasteiger partial charge in [-0.1, -0.05) is 6.07 Å². The van der Waals surface area contributed by atoms with Crippen LogP contribution in [0.15, 0.2) is 47.2 Å². The van der Waals surface area contributed by atoms with Crippen molar-refractivity contribution < 1.29 is 4.42 Å². The number of aromatic nitrogens is 1. The molecule has 2 aromatic rings. The predicted molar refractivity (Wildman–Crippen MR) is 58.4 cm³/mol. The van der Waals surface area contributed by atoms with Gasteiger partial charge in [-0.2, -0.15) is 0 Å². The van der Waals surface area contributed by atoms with Gasteiger partial charge in [0.2, 0.25) is 0 Å². The summed E-state index contributed by atoms with van der Waals surface area (Å²) in [5.74, 6) is 0.969. The van der Waals surface area contributed by atoms with Crippen molar-refractivity contribution in [3.8, 4) is 0 Å². The molecular weight excluding hydrogens is 188 g/mol. The van der Waals surface area contributed by atoms with Crippen molar-refractivity contribution in [2.75, 3.05) is 6.54 Å². The lowest BCUT2D eigenvalue weighted by molar-refractivity contribution is 0.484. The molecule has 78 valence electrons. The standard InChI is InChI=1S/C12H14N2O/c1-2-7-14-11(4-1)6-8-13-10-12-5-3-9-15-12/h1-5,7,9,13H,6,8,10H2. The second-order valence-corrected chi connectivity index (χ2v) is 3.33. The molecule has 2 aromatic heterocycles. The summed E-state index contributed by atoms with van der Waals surface area (Å²) in [5, 5.41) is 3.30. The first-order valence-corrected chi connectivity index (χ1v) is 5.08. The van der Waals surface area contributed by atoms with E-state index in [1.54, 1.807) is 6.26 Å². The second-order valence-electron chi connectivity index (χ2n) is 3.33. The summed E-state index contributed by atoms with van der Waals surface area (Å²) in [4.78, 5) is 4.25. The summed E-state index contributed by atoms with van der Waals surface area (Å²) in [5.41, 5.74) is 1.12. The molecular formula is C12H14N2O. The first kappa shape index (κ1) is 9.93. The number of rotatable bonds is 5. The van der Waals surface area contributed by atoms with Crippen LogP contribution in [-0.4, -0.2) is 11.5 Å². The zero-order valence-electron chi connectivity index (χ0n) is 8.52. The lowest BCUT2D eigenvalue weighted by atomic mass is 10.3. The summed E-state index contributed by atoms with van der Waals surface area (Å²) < 4.78 is 5.21. The molecule has 3 heteroatoms. The van der Waals surface area contributed by atoms with Crippen molar-refractivity contribution in [1.29, 1.82) is 0 Å². The Morgan fingerprint density at radius 1 is 1.20 bits per heavy atom. The molecule has 2 rings (SSSR count). The molecule has 0 unspecified atom stereocenters. The topological polar surface area (TPSA) is 38.1 Å². The third kappa shape index (κ3) is 3.22. The smallest absolute Gasteiger partial charge is 0.117 e. The minimum atomic E-state index is 0.778. The van der Waals surface area contributed by atoms with Crippen LogP contribution in [0.1, 0.15) is 11.5 Å². The zero-order chi connectivity index (χ0) is 10.3. The van der Waals surface area contributed by atoms with E-state index in [-0.39, 0.29) is 0 Å². The van der Waals surface area contributed by atoms with E-state index in [2.05, 4.69) is 10.3 Å². The lowest BCUT2D eigenvalue weighted by Crippen LogP contribution is -2.16. The van der Waals surface area contributed by atoms with Crippen LogP contribution in [-0.2, 0) is 13.0 Å². The van der Waals surface area contributed by atoms with Crippen LogP contribution < -0.4 is 5.32 Å². The Morgan fingerprint density at radius 2 is 2.20 bits per heavy atom. The number of hydrogen-bond donors (Lipinski definition) is 1. The van der Waals surface area contributed by atoms with E-state index in [9.17, 15) is 0 Å². The summed E-state index contributed by atoms with van der Waals surface area (Å²) in [6.07, 6.45) is 4.46. The van der Waals surface area contributed by atoms with Crippen LogP contribution in [0, 0.1) is 0 Å². The van der Waals surface area contributed by atoms with Crippen molar-refractivity contribution in [3.63, 3.8) is 0 Å². The average Bonchev–Trinajstić information content (AvgIpc) is 2.79. The lowest BCUT2D eigenvalue weighted by Gasteiger charge is -2.01. The zero-order valence-corrected chi connectivity index (χ0v) is 8.52. The normalized spacial score (nSPS) is 10.4. The molecule has 0 bridgehead atoms. The number of hydrogen-bond acceptors (Lipinski definition) is 3. The van der Waals surface area contributed by atoms with Gasteiger partial charge in [0, 0.05) is 24.9 Å². The third-order valence-corrected chi connectivity index (χ3v) is 2.16. The Morgan fingerprint density at radius 3 is 2.93 bits per heavy atom. The molecule has 1 N–H and O–H groups in total. The third-order valence-electron chi connectivity index (χ3n) is 2.16. The second kappa shape index (κ2) is 5.32. The minimum absolute atomic E-state index is 0.778. The predicted octanol–water partition coefficient (Wildman–Crippen LogP) is 2.01. The fraction of sp³-hybridized carbons (Fsp3) is 0.250. The maximum Gasteiger partial charge on any atom is 0.117 e. The molecule has 0 atom stereocenters. The quantitative estimate of drug-likeness (QED) is 0.754. The Kier molecular flexibility index (Phi) is 3.52. The highest BCUT2D eigenvalue weighted by Crippen LogP contribution is 1.99. The fourth-order valence-electron chi connectivity index (χ4n) is 1.39. The van der Waals surface area contributed by atoms with E-state index in [0.29, 0.717) is 0 Å². The molecule has 0 radical (unpaired) electrons. The fourth-order valence-corrected chi connectivity index (χ4v) is 1.39. The molecule has 3 nitrogen and oxygen atoms in total. The molecule has 0 saturated heterocycles. The van der Waals surface area contributed by atoms with Crippen molar-refractivity contribution >= 4 is 0 Å². The van der Waals surface area contributed by atoms with Gasteiger partial charge < -0.3 is 9.73 Å². The highest BCUT2D eigenvalue weighted by Gasteiger charge is 1.95. The van der Waals surface area contributed by atoms with Gasteiger partial charge in [0.05, 0.1) is 12.8 Å². The number of nitrogens with zero attached hydrogens (tertiary/aromatic N) is 1. The number of pyridine rings is 1. The summed E-state index contributed by atoms with van der Waals surface area (Å²) in [6.45, 7) is 1.69. The van der Waals surface area contributed by atoms with Crippen molar-refractivity contribution in [3.05, 3.63) is 54.2 Å². The largest absolute Gasteiger partial charge is 0.468 e. The van der Waals surface area contributed by atoms with E-state index < -0.39 is 0 Å². The molecule has 0 aliphatic heterocycles. The maximum atomic E-state index is 5.21. The van der Waals surface area contributed by atoms with Gasteiger partial charge in [0.25, 0.3) is 0 Å². The Balaban J connectivity index is 1.68. The van der Waals surface area contributed by atoms with Gasteiger partial charge in [0.15, 0.2) is 0 Å². The van der Waals surface area contributed by atoms with E-state index >= 15 is 0 Å². The molecule has 0 aromatic carbocycles. The van der Waals surface area contributed by atoms with Gasteiger partial charge in [0.1, 0.15) is 5.76 Å². The Hall–Kier alpha value is -1.61. The number of furan rings is 1. The van der Waals surface area contributed by atoms with E-state index in [4.69, 9.17) is 4.42 Å². The summed E-state index contributed by atoms with van der Waals surface area (Å²) in [7, 11) is 0. The van der Waals surface area contributed by atoms with Gasteiger partial charge in [-0.05, 0) is 24.3 Å². The van der Waals surface area contributed by atoms with Gasteiger partial charge in [-0.3, -0.25) is 4.98 Å². The maximum absolute atomic E-state index is 5.21. The SMILES string of the molecule is c1ccc(CCNCc2ccco2)nc1. The van der Waals surface area contributed by atoms with Crippen molar-refractivity contribution in [2.24, 2.45) is 0 Å². The van der Waals surface area contributed by atoms with Crippen LogP contribution in [0.5, 0.6) is 0 Å². The minimum Gasteiger partial charge on any atom is -0.468 e. The Labute approximate surface area is 89.1 Å². The highest BCUT2D eigenvalue weighted by molar-refractivity contribution is 5.04. The first-order valence-electron chi connectivity index (χ1n) is 5.08. The molecule has 0 fully saturated rings.